The van der Waals surface area contributed by atoms with Gasteiger partial charge in [0.15, 0.2) is 0 Å². The molecule has 2 atom stereocenters. The number of piperidine rings is 1. The van der Waals surface area contributed by atoms with E-state index in [1.165, 1.54) is 18.2 Å². The fourth-order valence-corrected chi connectivity index (χ4v) is 6.25. The first-order chi connectivity index (χ1) is 16.6. The summed E-state index contributed by atoms with van der Waals surface area (Å²) in [4.78, 5) is 19.4. The SMILES string of the molecule is CCc1c(C#N)c(SC(C(N)=O)c2ccccc2)nc(N2CCC(C3CCNC3)CC2)c1C#N. The lowest BCUT2D eigenvalue weighted by molar-refractivity contribution is -0.117. The third-order valence-corrected chi connectivity index (χ3v) is 8.28. The van der Waals surface area contributed by atoms with E-state index >= 15 is 0 Å². The molecule has 2 aliphatic rings. The van der Waals surface area contributed by atoms with Crippen LogP contribution in [0.15, 0.2) is 35.4 Å². The van der Waals surface area contributed by atoms with Gasteiger partial charge >= 0.3 is 0 Å². The van der Waals surface area contributed by atoms with E-state index in [4.69, 9.17) is 10.7 Å². The molecule has 0 saturated carbocycles. The fourth-order valence-electron chi connectivity index (χ4n) is 5.19. The molecule has 3 N–H and O–H groups in total. The molecule has 4 rings (SSSR count). The van der Waals surface area contributed by atoms with Crippen molar-refractivity contribution < 1.29 is 4.79 Å². The number of anilines is 1. The molecule has 3 heterocycles. The fraction of sp³-hybridized carbons (Fsp3) is 0.462. The highest BCUT2D eigenvalue weighted by Crippen LogP contribution is 2.40. The topological polar surface area (TPSA) is 119 Å². The van der Waals surface area contributed by atoms with Crippen molar-refractivity contribution in [3.8, 4) is 12.1 Å². The van der Waals surface area contributed by atoms with Gasteiger partial charge in [0.1, 0.15) is 28.2 Å². The zero-order chi connectivity index (χ0) is 24.1. The third kappa shape index (κ3) is 4.89. The molecule has 176 valence electrons. The molecule has 0 spiro atoms. The average molecular weight is 475 g/mol. The first-order valence-corrected chi connectivity index (χ1v) is 12.8. The molecule has 0 bridgehead atoms. The summed E-state index contributed by atoms with van der Waals surface area (Å²) < 4.78 is 0. The molecule has 2 aromatic rings. The van der Waals surface area contributed by atoms with Gasteiger partial charge in [-0.1, -0.05) is 49.0 Å². The summed E-state index contributed by atoms with van der Waals surface area (Å²) in [5.74, 6) is 1.55. The van der Waals surface area contributed by atoms with Crippen LogP contribution >= 0.6 is 11.8 Å². The highest BCUT2D eigenvalue weighted by Gasteiger charge is 2.32. The van der Waals surface area contributed by atoms with Crippen LogP contribution in [0, 0.1) is 34.5 Å². The van der Waals surface area contributed by atoms with Crippen molar-refractivity contribution in [3.05, 3.63) is 52.6 Å². The maximum Gasteiger partial charge on any atom is 0.235 e. The molecule has 7 nitrogen and oxygen atoms in total. The van der Waals surface area contributed by atoms with Crippen LogP contribution in [-0.2, 0) is 11.2 Å². The van der Waals surface area contributed by atoms with Crippen molar-refractivity contribution in [2.45, 2.75) is 42.9 Å². The van der Waals surface area contributed by atoms with Gasteiger partial charge < -0.3 is 16.0 Å². The lowest BCUT2D eigenvalue weighted by Crippen LogP contribution is -2.37. The van der Waals surface area contributed by atoms with E-state index in [0.29, 0.717) is 39.9 Å². The van der Waals surface area contributed by atoms with Gasteiger partial charge in [0.25, 0.3) is 0 Å². The van der Waals surface area contributed by atoms with Gasteiger partial charge in [-0.2, -0.15) is 10.5 Å². The van der Waals surface area contributed by atoms with Gasteiger partial charge in [0, 0.05) is 13.1 Å². The smallest absolute Gasteiger partial charge is 0.235 e. The number of benzene rings is 1. The number of amides is 1. The van der Waals surface area contributed by atoms with Crippen LogP contribution in [0.25, 0.3) is 0 Å². The number of aromatic nitrogens is 1. The van der Waals surface area contributed by atoms with Gasteiger partial charge in [-0.25, -0.2) is 4.98 Å². The minimum absolute atomic E-state index is 0.363. The number of rotatable bonds is 7. The molecule has 8 heteroatoms. The summed E-state index contributed by atoms with van der Waals surface area (Å²) in [6.07, 6.45) is 3.90. The predicted octanol–water partition coefficient (Wildman–Crippen LogP) is 3.53. The Labute approximate surface area is 205 Å². The molecule has 0 radical (unpaired) electrons. The Hall–Kier alpha value is -3.07. The molecular weight excluding hydrogens is 444 g/mol. The number of nitrogens with one attached hydrogen (secondary N) is 1. The van der Waals surface area contributed by atoms with Crippen LogP contribution < -0.4 is 16.0 Å². The highest BCUT2D eigenvalue weighted by atomic mass is 32.2. The average Bonchev–Trinajstić information content (AvgIpc) is 3.41. The molecule has 2 aliphatic heterocycles. The zero-order valence-electron chi connectivity index (χ0n) is 19.5. The maximum absolute atomic E-state index is 12.4. The number of nitriles is 2. The molecule has 0 aliphatic carbocycles. The number of pyridine rings is 1. The Balaban J connectivity index is 1.69. The predicted molar refractivity (Wildman–Crippen MR) is 133 cm³/mol. The maximum atomic E-state index is 12.4. The molecule has 2 fully saturated rings. The molecular formula is C26H30N6OS. The zero-order valence-corrected chi connectivity index (χ0v) is 20.3. The number of nitrogens with two attached hydrogens (primary N) is 1. The summed E-state index contributed by atoms with van der Waals surface area (Å²) in [6.45, 7) is 5.80. The van der Waals surface area contributed by atoms with Gasteiger partial charge in [0.05, 0.1) is 11.1 Å². The number of carbonyl (C=O) groups is 1. The Bertz CT molecular complexity index is 1110. The Morgan fingerprint density at radius 1 is 1.18 bits per heavy atom. The molecule has 2 saturated heterocycles. The van der Waals surface area contributed by atoms with E-state index in [1.807, 2.05) is 37.3 Å². The number of thioether (sulfide) groups is 1. The van der Waals surface area contributed by atoms with Crippen LogP contribution in [0.2, 0.25) is 0 Å². The Morgan fingerprint density at radius 2 is 1.88 bits per heavy atom. The largest absolute Gasteiger partial charge is 0.368 e. The normalized spacial score (nSPS) is 19.4. The lowest BCUT2D eigenvalue weighted by Gasteiger charge is -2.36. The summed E-state index contributed by atoms with van der Waals surface area (Å²) in [6, 6.07) is 13.9. The second-order valence-electron chi connectivity index (χ2n) is 8.93. The summed E-state index contributed by atoms with van der Waals surface area (Å²) in [5, 5.41) is 23.3. The molecule has 1 amide bonds. The number of carbonyl (C=O) groups excluding carboxylic acids is 1. The van der Waals surface area contributed by atoms with Gasteiger partial charge in [-0.3, -0.25) is 4.79 Å². The van der Waals surface area contributed by atoms with Crippen LogP contribution in [0.3, 0.4) is 0 Å². The molecule has 34 heavy (non-hydrogen) atoms. The molecule has 1 aromatic carbocycles. The van der Waals surface area contributed by atoms with E-state index in [1.54, 1.807) is 0 Å². The van der Waals surface area contributed by atoms with E-state index in [-0.39, 0.29) is 0 Å². The second-order valence-corrected chi connectivity index (χ2v) is 10.0. The van der Waals surface area contributed by atoms with E-state index < -0.39 is 11.2 Å². The van der Waals surface area contributed by atoms with Gasteiger partial charge in [0.2, 0.25) is 5.91 Å². The first kappa shape index (κ1) is 24.1. The standard InChI is InChI=1S/C26H30N6OS/c1-2-20-21(14-27)25(32-12-9-17(10-13-32)19-8-11-30-16-19)31-26(22(20)15-28)34-23(24(29)33)18-6-4-3-5-7-18/h3-7,17,19,23,30H,2,8-13,16H2,1H3,(H2,29,33). The van der Waals surface area contributed by atoms with Gasteiger partial charge in [-0.05, 0) is 61.7 Å². The Morgan fingerprint density at radius 3 is 2.44 bits per heavy atom. The number of hydrogen-bond acceptors (Lipinski definition) is 7. The molecule has 2 unspecified atom stereocenters. The minimum atomic E-state index is -0.674. The lowest BCUT2D eigenvalue weighted by atomic mass is 9.83. The number of nitrogens with zero attached hydrogens (tertiary/aromatic N) is 4. The van der Waals surface area contributed by atoms with Crippen molar-refractivity contribution >= 4 is 23.5 Å². The van der Waals surface area contributed by atoms with Crippen molar-refractivity contribution in [1.82, 2.24) is 10.3 Å². The first-order valence-electron chi connectivity index (χ1n) is 11.9. The van der Waals surface area contributed by atoms with Gasteiger partial charge in [-0.15, -0.1) is 0 Å². The minimum Gasteiger partial charge on any atom is -0.368 e. The van der Waals surface area contributed by atoms with E-state index in [0.717, 1.165) is 50.5 Å². The Kier molecular flexibility index (Phi) is 7.72. The summed E-state index contributed by atoms with van der Waals surface area (Å²) in [7, 11) is 0. The van der Waals surface area contributed by atoms with Crippen LogP contribution in [0.1, 0.15) is 53.7 Å². The number of primary amides is 1. The monoisotopic (exact) mass is 474 g/mol. The highest BCUT2D eigenvalue weighted by molar-refractivity contribution is 8.00. The van der Waals surface area contributed by atoms with Crippen molar-refractivity contribution in [3.63, 3.8) is 0 Å². The van der Waals surface area contributed by atoms with Crippen LogP contribution in [0.5, 0.6) is 0 Å². The second kappa shape index (κ2) is 10.9. The van der Waals surface area contributed by atoms with Crippen molar-refractivity contribution in [1.29, 1.82) is 10.5 Å². The van der Waals surface area contributed by atoms with Crippen molar-refractivity contribution in [2.24, 2.45) is 17.6 Å². The van der Waals surface area contributed by atoms with E-state index in [2.05, 4.69) is 22.4 Å². The summed E-state index contributed by atoms with van der Waals surface area (Å²) in [5.41, 5.74) is 8.04. The number of hydrogen-bond donors (Lipinski definition) is 2. The third-order valence-electron chi connectivity index (χ3n) is 7.02. The summed E-state index contributed by atoms with van der Waals surface area (Å²) >= 11 is 1.20. The molecule has 1 aromatic heterocycles. The van der Waals surface area contributed by atoms with E-state index in [9.17, 15) is 15.3 Å². The van der Waals surface area contributed by atoms with Crippen LogP contribution in [0.4, 0.5) is 5.82 Å². The quantitative estimate of drug-likeness (QED) is 0.589. The van der Waals surface area contributed by atoms with Crippen LogP contribution in [-0.4, -0.2) is 37.1 Å². The van der Waals surface area contributed by atoms with Crippen molar-refractivity contribution in [2.75, 3.05) is 31.1 Å².